The minimum absolute atomic E-state index is 0.292. The number of pyridine rings is 1. The van der Waals surface area contributed by atoms with Crippen molar-refractivity contribution in [2.24, 2.45) is 4.99 Å². The molecule has 0 saturated heterocycles. The summed E-state index contributed by atoms with van der Waals surface area (Å²) in [4.78, 5) is 36.5. The summed E-state index contributed by atoms with van der Waals surface area (Å²) in [5.74, 6) is 0.734. The Kier molecular flexibility index (Phi) is 6.61. The van der Waals surface area contributed by atoms with Crippen molar-refractivity contribution in [1.82, 2.24) is 9.88 Å². The van der Waals surface area contributed by atoms with Crippen LogP contribution in [0.1, 0.15) is 33.2 Å². The van der Waals surface area contributed by atoms with E-state index in [2.05, 4.69) is 48.4 Å². The van der Waals surface area contributed by atoms with Crippen molar-refractivity contribution >= 4 is 45.1 Å². The third kappa shape index (κ3) is 4.86. The lowest BCUT2D eigenvalue weighted by molar-refractivity contribution is 0.102. The number of nitrogens with zero attached hydrogens (tertiary/aromatic N) is 3. The predicted molar refractivity (Wildman–Crippen MR) is 129 cm³/mol. The highest BCUT2D eigenvalue weighted by Gasteiger charge is 2.18. The van der Waals surface area contributed by atoms with Crippen molar-refractivity contribution in [3.8, 4) is 0 Å². The van der Waals surface area contributed by atoms with Crippen molar-refractivity contribution < 1.29 is 9.59 Å². The van der Waals surface area contributed by atoms with Crippen LogP contribution in [0.3, 0.4) is 0 Å². The summed E-state index contributed by atoms with van der Waals surface area (Å²) in [5.41, 5.74) is 2.26. The van der Waals surface area contributed by atoms with Gasteiger partial charge in [-0.1, -0.05) is 24.3 Å². The van der Waals surface area contributed by atoms with Crippen LogP contribution in [0.2, 0.25) is 0 Å². The van der Waals surface area contributed by atoms with E-state index in [1.165, 1.54) is 0 Å². The molecule has 0 fully saturated rings. The lowest BCUT2D eigenvalue weighted by Crippen LogP contribution is -2.28. The molecule has 3 aromatic rings. The monoisotopic (exact) mass is 491 g/mol. The first kappa shape index (κ1) is 21.7. The van der Waals surface area contributed by atoms with Crippen LogP contribution in [0.4, 0.5) is 11.5 Å². The molecule has 2 heterocycles. The zero-order valence-corrected chi connectivity index (χ0v) is 19.1. The molecule has 0 unspecified atom stereocenters. The lowest BCUT2D eigenvalue weighted by atomic mass is 10.1. The third-order valence-electron chi connectivity index (χ3n) is 5.11. The average Bonchev–Trinajstić information content (AvgIpc) is 3.30. The molecule has 8 heteroatoms. The molecule has 2 amide bonds. The van der Waals surface area contributed by atoms with Crippen molar-refractivity contribution in [3.05, 3.63) is 88.0 Å². The number of benzene rings is 2. The fourth-order valence-electron chi connectivity index (χ4n) is 3.45. The molecule has 7 nitrogen and oxygen atoms in total. The summed E-state index contributed by atoms with van der Waals surface area (Å²) >= 11 is 3.32. The Bertz CT molecular complexity index is 1160. The highest BCUT2D eigenvalue weighted by Crippen LogP contribution is 2.19. The van der Waals surface area contributed by atoms with Gasteiger partial charge in [0.25, 0.3) is 11.8 Å². The molecule has 2 N–H and O–H groups in total. The normalized spacial score (nSPS) is 12.9. The number of likely N-dealkylation sites (N-methyl/N-ethyl adjacent to an activating group) is 1. The fourth-order valence-corrected chi connectivity index (χ4v) is 3.69. The van der Waals surface area contributed by atoms with Gasteiger partial charge in [-0.05, 0) is 59.3 Å². The molecule has 1 aliphatic rings. The summed E-state index contributed by atoms with van der Waals surface area (Å²) in [6, 6.07) is 17.7. The van der Waals surface area contributed by atoms with Gasteiger partial charge < -0.3 is 15.5 Å². The predicted octanol–water partition coefficient (Wildman–Crippen LogP) is 4.43. The minimum Gasteiger partial charge on any atom is -0.355 e. The molecule has 32 heavy (non-hydrogen) atoms. The van der Waals surface area contributed by atoms with Crippen LogP contribution in [-0.2, 0) is 0 Å². The molecule has 1 aromatic heterocycles. The third-order valence-corrected chi connectivity index (χ3v) is 5.58. The number of hydrogen-bond donors (Lipinski definition) is 2. The smallest absolute Gasteiger partial charge is 0.258 e. The first-order valence-corrected chi connectivity index (χ1v) is 11.1. The van der Waals surface area contributed by atoms with Crippen molar-refractivity contribution in [2.75, 3.05) is 30.3 Å². The number of halogens is 1. The summed E-state index contributed by atoms with van der Waals surface area (Å²) in [6.45, 7) is 4.71. The summed E-state index contributed by atoms with van der Waals surface area (Å²) in [5, 5.41) is 5.59. The van der Waals surface area contributed by atoms with E-state index in [0.29, 0.717) is 22.6 Å². The van der Waals surface area contributed by atoms with Crippen LogP contribution >= 0.6 is 15.9 Å². The first-order valence-electron chi connectivity index (χ1n) is 10.3. The SMILES string of the molecule is CCN1CCN=C1c1ccc(C(=O)Nc2ccccc2C(=O)Nc2ccc(Br)cn2)cc1. The van der Waals surface area contributed by atoms with Gasteiger partial charge in [0, 0.05) is 34.9 Å². The number of hydrogen-bond acceptors (Lipinski definition) is 5. The number of nitrogens with one attached hydrogen (secondary N) is 2. The molecular weight excluding hydrogens is 470 g/mol. The molecule has 0 aliphatic carbocycles. The van der Waals surface area contributed by atoms with Crippen LogP contribution < -0.4 is 10.6 Å². The van der Waals surface area contributed by atoms with Crippen LogP contribution in [0.5, 0.6) is 0 Å². The standard InChI is InChI=1S/C24H22BrN5O2/c1-2-30-14-13-26-22(30)16-7-9-17(10-8-16)23(31)28-20-6-4-3-5-19(20)24(32)29-21-12-11-18(25)15-27-21/h3-12,15H,2,13-14H2,1H3,(H,28,31)(H,27,29,32). The maximum Gasteiger partial charge on any atom is 0.258 e. The molecule has 0 radical (unpaired) electrons. The number of aromatic nitrogens is 1. The van der Waals surface area contributed by atoms with Gasteiger partial charge in [-0.3, -0.25) is 14.6 Å². The zero-order chi connectivity index (χ0) is 22.5. The molecule has 0 bridgehead atoms. The number of carbonyl (C=O) groups is 2. The fraction of sp³-hybridized carbons (Fsp3) is 0.167. The molecule has 0 atom stereocenters. The van der Waals surface area contributed by atoms with Gasteiger partial charge in [-0.15, -0.1) is 0 Å². The summed E-state index contributed by atoms with van der Waals surface area (Å²) in [7, 11) is 0. The van der Waals surface area contributed by atoms with Crippen LogP contribution in [0.15, 0.2) is 76.3 Å². The number of anilines is 2. The lowest BCUT2D eigenvalue weighted by Gasteiger charge is -2.18. The second-order valence-corrected chi connectivity index (χ2v) is 8.09. The van der Waals surface area contributed by atoms with Gasteiger partial charge in [0.2, 0.25) is 0 Å². The van der Waals surface area contributed by atoms with E-state index in [-0.39, 0.29) is 11.8 Å². The number of carbonyl (C=O) groups excluding carboxylic acids is 2. The molecular formula is C24H22BrN5O2. The average molecular weight is 492 g/mol. The van der Waals surface area contributed by atoms with E-state index in [9.17, 15) is 9.59 Å². The highest BCUT2D eigenvalue weighted by atomic mass is 79.9. The maximum absolute atomic E-state index is 12.8. The zero-order valence-electron chi connectivity index (χ0n) is 17.5. The van der Waals surface area contributed by atoms with E-state index < -0.39 is 0 Å². The molecule has 0 spiro atoms. The van der Waals surface area contributed by atoms with E-state index in [4.69, 9.17) is 0 Å². The van der Waals surface area contributed by atoms with Gasteiger partial charge in [0.1, 0.15) is 11.7 Å². The summed E-state index contributed by atoms with van der Waals surface area (Å²) < 4.78 is 0.816. The number of amides is 2. The van der Waals surface area contributed by atoms with Crippen LogP contribution in [-0.4, -0.2) is 47.2 Å². The van der Waals surface area contributed by atoms with Crippen molar-refractivity contribution in [2.45, 2.75) is 6.92 Å². The Morgan fingerprint density at radius 2 is 1.78 bits per heavy atom. The van der Waals surface area contributed by atoms with Gasteiger partial charge >= 0.3 is 0 Å². The minimum atomic E-state index is -0.357. The van der Waals surface area contributed by atoms with E-state index in [1.54, 1.807) is 54.7 Å². The second-order valence-electron chi connectivity index (χ2n) is 7.18. The van der Waals surface area contributed by atoms with Crippen molar-refractivity contribution in [1.29, 1.82) is 0 Å². The number of rotatable bonds is 6. The molecule has 162 valence electrons. The van der Waals surface area contributed by atoms with Gasteiger partial charge in [0.05, 0.1) is 17.8 Å². The number of aliphatic imine (C=N–C) groups is 1. The van der Waals surface area contributed by atoms with Gasteiger partial charge in [0.15, 0.2) is 0 Å². The Morgan fingerprint density at radius 3 is 2.50 bits per heavy atom. The Labute approximate surface area is 194 Å². The summed E-state index contributed by atoms with van der Waals surface area (Å²) in [6.07, 6.45) is 1.60. The quantitative estimate of drug-likeness (QED) is 0.533. The van der Waals surface area contributed by atoms with Crippen LogP contribution in [0, 0.1) is 0 Å². The maximum atomic E-state index is 12.8. The Hall–Kier alpha value is -3.52. The first-order chi connectivity index (χ1) is 15.5. The molecule has 1 aliphatic heterocycles. The number of amidine groups is 1. The van der Waals surface area contributed by atoms with Gasteiger partial charge in [-0.2, -0.15) is 0 Å². The Balaban J connectivity index is 1.48. The largest absolute Gasteiger partial charge is 0.355 e. The molecule has 4 rings (SSSR count). The van der Waals surface area contributed by atoms with Gasteiger partial charge in [-0.25, -0.2) is 4.98 Å². The topological polar surface area (TPSA) is 86.7 Å². The van der Waals surface area contributed by atoms with E-state index in [0.717, 1.165) is 35.5 Å². The molecule has 0 saturated carbocycles. The molecule has 2 aromatic carbocycles. The van der Waals surface area contributed by atoms with Crippen molar-refractivity contribution in [3.63, 3.8) is 0 Å². The number of para-hydroxylation sites is 1. The highest BCUT2D eigenvalue weighted by molar-refractivity contribution is 9.10. The second kappa shape index (κ2) is 9.74. The Morgan fingerprint density at radius 1 is 1.00 bits per heavy atom. The van der Waals surface area contributed by atoms with Crippen LogP contribution in [0.25, 0.3) is 0 Å². The van der Waals surface area contributed by atoms with E-state index >= 15 is 0 Å². The van der Waals surface area contributed by atoms with E-state index in [1.807, 2.05) is 12.1 Å².